The van der Waals surface area contributed by atoms with Crippen LogP contribution in [0.5, 0.6) is 5.75 Å². The molecular weight excluding hydrogens is 490 g/mol. The van der Waals surface area contributed by atoms with E-state index >= 15 is 0 Å². The monoisotopic (exact) mass is 515 g/mol. The number of carbonyl (C=O) groups excluding carboxylic acids is 3. The van der Waals surface area contributed by atoms with Crippen molar-refractivity contribution in [2.75, 3.05) is 25.6 Å². The normalized spacial score (nSPS) is 15.2. The molecule has 0 atom stereocenters. The van der Waals surface area contributed by atoms with Crippen molar-refractivity contribution in [1.82, 2.24) is 4.90 Å². The number of nitrogens with one attached hydrogen (secondary N) is 1. The second-order valence-electron chi connectivity index (χ2n) is 7.84. The van der Waals surface area contributed by atoms with Gasteiger partial charge in [0.15, 0.2) is 11.8 Å². The molecule has 3 aromatic rings. The Labute approximate surface area is 219 Å². The maximum Gasteiger partial charge on any atom is 0.337 e. The first-order chi connectivity index (χ1) is 18.0. The van der Waals surface area contributed by atoms with Gasteiger partial charge in [-0.15, -0.1) is 0 Å². The van der Waals surface area contributed by atoms with Crippen LogP contribution in [0.4, 0.5) is 11.4 Å². The lowest BCUT2D eigenvalue weighted by Gasteiger charge is -2.12. The molecule has 8 nitrogen and oxygen atoms in total. The van der Waals surface area contributed by atoms with Crippen molar-refractivity contribution < 1.29 is 23.9 Å². The van der Waals surface area contributed by atoms with Gasteiger partial charge in [-0.25, -0.2) is 9.79 Å². The Bertz CT molecular complexity index is 1370. The van der Waals surface area contributed by atoms with E-state index in [1.165, 1.54) is 18.9 Å². The van der Waals surface area contributed by atoms with Crippen molar-refractivity contribution in [1.29, 1.82) is 0 Å². The first-order valence-electron chi connectivity index (χ1n) is 11.5. The van der Waals surface area contributed by atoms with Gasteiger partial charge in [-0.1, -0.05) is 42.5 Å². The standard InChI is InChI=1S/C28H25N3O5S/c1-3-31-26(33)24(37-28(31)30-22-14-9-11-20(16-22)27(34)35-2)17-19-10-7-8-15-23(19)36-18-25(32)29-21-12-5-4-6-13-21/h4-17H,3,18H2,1-2H3,(H,29,32). The number of aliphatic imine (C=N–C) groups is 1. The Balaban J connectivity index is 1.52. The Morgan fingerprint density at radius 3 is 2.54 bits per heavy atom. The highest BCUT2D eigenvalue weighted by atomic mass is 32.2. The average Bonchev–Trinajstić information content (AvgIpc) is 3.21. The van der Waals surface area contributed by atoms with E-state index in [0.29, 0.717) is 44.9 Å². The number of anilines is 1. The number of hydrogen-bond acceptors (Lipinski definition) is 7. The number of methoxy groups -OCH3 is 1. The number of carbonyl (C=O) groups is 3. The Morgan fingerprint density at radius 2 is 1.78 bits per heavy atom. The minimum atomic E-state index is -0.459. The minimum absolute atomic E-state index is 0.180. The molecule has 37 heavy (non-hydrogen) atoms. The fraction of sp³-hybridized carbons (Fsp3) is 0.143. The number of likely N-dealkylation sites (N-methyl/N-ethyl adjacent to an activating group) is 1. The summed E-state index contributed by atoms with van der Waals surface area (Å²) in [6.45, 7) is 2.11. The maximum absolute atomic E-state index is 13.1. The molecule has 0 bridgehead atoms. The van der Waals surface area contributed by atoms with Gasteiger partial charge >= 0.3 is 5.97 Å². The van der Waals surface area contributed by atoms with Gasteiger partial charge in [-0.2, -0.15) is 0 Å². The van der Waals surface area contributed by atoms with E-state index in [1.54, 1.807) is 59.5 Å². The summed E-state index contributed by atoms with van der Waals surface area (Å²) >= 11 is 1.23. The Kier molecular flexibility index (Phi) is 8.37. The predicted octanol–water partition coefficient (Wildman–Crippen LogP) is 5.11. The van der Waals surface area contributed by atoms with Gasteiger partial charge in [0.25, 0.3) is 11.8 Å². The van der Waals surface area contributed by atoms with Crippen LogP contribution in [0.25, 0.3) is 6.08 Å². The zero-order valence-corrected chi connectivity index (χ0v) is 21.2. The zero-order chi connectivity index (χ0) is 26.2. The van der Waals surface area contributed by atoms with Crippen LogP contribution in [0, 0.1) is 0 Å². The van der Waals surface area contributed by atoms with Gasteiger partial charge < -0.3 is 14.8 Å². The quantitative estimate of drug-likeness (QED) is 0.331. The smallest absolute Gasteiger partial charge is 0.337 e. The number of benzene rings is 3. The summed E-state index contributed by atoms with van der Waals surface area (Å²) in [6.07, 6.45) is 1.73. The Hall–Kier alpha value is -4.37. The molecule has 3 aromatic carbocycles. The molecule has 9 heteroatoms. The SMILES string of the molecule is CCN1C(=O)C(=Cc2ccccc2OCC(=O)Nc2ccccc2)SC1=Nc1cccc(C(=O)OC)c1. The van der Waals surface area contributed by atoms with Crippen molar-refractivity contribution in [3.05, 3.63) is 94.9 Å². The second-order valence-corrected chi connectivity index (χ2v) is 8.85. The maximum atomic E-state index is 13.1. The van der Waals surface area contributed by atoms with E-state index < -0.39 is 5.97 Å². The van der Waals surface area contributed by atoms with E-state index in [2.05, 4.69) is 10.3 Å². The van der Waals surface area contributed by atoms with Gasteiger partial charge in [-0.3, -0.25) is 14.5 Å². The van der Waals surface area contributed by atoms with Crippen LogP contribution in [0.3, 0.4) is 0 Å². The third-order valence-corrected chi connectivity index (χ3v) is 6.32. The van der Waals surface area contributed by atoms with Gasteiger partial charge in [0.2, 0.25) is 0 Å². The summed E-state index contributed by atoms with van der Waals surface area (Å²) < 4.78 is 10.6. The molecule has 0 aliphatic carbocycles. The molecular formula is C28H25N3O5S. The fourth-order valence-electron chi connectivity index (χ4n) is 3.54. The number of amidine groups is 1. The molecule has 0 saturated carbocycles. The number of nitrogens with zero attached hydrogens (tertiary/aromatic N) is 2. The number of rotatable bonds is 8. The summed E-state index contributed by atoms with van der Waals surface area (Å²) in [7, 11) is 1.32. The molecule has 1 aliphatic heterocycles. The van der Waals surface area contributed by atoms with Crippen LogP contribution in [0.2, 0.25) is 0 Å². The first kappa shape index (κ1) is 25.7. The summed E-state index contributed by atoms with van der Waals surface area (Å²) in [4.78, 5) is 43.9. The van der Waals surface area contributed by atoms with Gasteiger partial charge in [0.1, 0.15) is 5.75 Å². The highest BCUT2D eigenvalue weighted by Gasteiger charge is 2.32. The molecule has 0 aromatic heterocycles. The molecule has 1 aliphatic rings. The zero-order valence-electron chi connectivity index (χ0n) is 20.3. The van der Waals surface area contributed by atoms with E-state index in [-0.39, 0.29) is 18.4 Å². The molecule has 1 N–H and O–H groups in total. The third kappa shape index (κ3) is 6.45. The lowest BCUT2D eigenvalue weighted by molar-refractivity contribution is -0.122. The Morgan fingerprint density at radius 1 is 1.03 bits per heavy atom. The van der Waals surface area contributed by atoms with Crippen LogP contribution < -0.4 is 10.1 Å². The number of ether oxygens (including phenoxy) is 2. The largest absolute Gasteiger partial charge is 0.483 e. The topological polar surface area (TPSA) is 97.3 Å². The van der Waals surface area contributed by atoms with Gasteiger partial charge in [-0.05, 0) is 61.2 Å². The molecule has 0 unspecified atom stereocenters. The van der Waals surface area contributed by atoms with Gasteiger partial charge in [0.05, 0.1) is 23.3 Å². The number of esters is 1. The number of amides is 2. The van der Waals surface area contributed by atoms with E-state index in [0.717, 1.165) is 0 Å². The minimum Gasteiger partial charge on any atom is -0.483 e. The molecule has 1 fully saturated rings. The van der Waals surface area contributed by atoms with E-state index in [9.17, 15) is 14.4 Å². The summed E-state index contributed by atoms with van der Waals surface area (Å²) in [5.74, 6) is -0.460. The molecule has 0 radical (unpaired) electrons. The first-order valence-corrected chi connectivity index (χ1v) is 12.4. The highest BCUT2D eigenvalue weighted by molar-refractivity contribution is 8.18. The predicted molar refractivity (Wildman–Crippen MR) is 145 cm³/mol. The van der Waals surface area contributed by atoms with Crippen LogP contribution in [-0.2, 0) is 14.3 Å². The highest BCUT2D eigenvalue weighted by Crippen LogP contribution is 2.35. The second kappa shape index (κ2) is 12.0. The summed E-state index contributed by atoms with van der Waals surface area (Å²) in [5, 5.41) is 3.28. The van der Waals surface area contributed by atoms with Crippen molar-refractivity contribution in [2.24, 2.45) is 4.99 Å². The fourth-order valence-corrected chi connectivity index (χ4v) is 4.59. The van der Waals surface area contributed by atoms with Gasteiger partial charge in [0, 0.05) is 17.8 Å². The van der Waals surface area contributed by atoms with Crippen molar-refractivity contribution >= 4 is 52.2 Å². The molecule has 188 valence electrons. The number of thioether (sulfide) groups is 1. The molecule has 1 saturated heterocycles. The third-order valence-electron chi connectivity index (χ3n) is 5.32. The number of para-hydroxylation sites is 2. The number of hydrogen-bond donors (Lipinski definition) is 1. The molecule has 2 amide bonds. The lowest BCUT2D eigenvalue weighted by atomic mass is 10.2. The molecule has 1 heterocycles. The van der Waals surface area contributed by atoms with Crippen LogP contribution in [0.15, 0.2) is 88.8 Å². The van der Waals surface area contributed by atoms with Crippen LogP contribution in [-0.4, -0.2) is 48.1 Å². The van der Waals surface area contributed by atoms with Crippen molar-refractivity contribution in [2.45, 2.75) is 6.92 Å². The van der Waals surface area contributed by atoms with Crippen LogP contribution in [0.1, 0.15) is 22.8 Å². The average molecular weight is 516 g/mol. The van der Waals surface area contributed by atoms with E-state index in [1.807, 2.05) is 37.3 Å². The molecule has 0 spiro atoms. The van der Waals surface area contributed by atoms with Crippen molar-refractivity contribution in [3.63, 3.8) is 0 Å². The van der Waals surface area contributed by atoms with Crippen molar-refractivity contribution in [3.8, 4) is 5.75 Å². The molecule has 4 rings (SSSR count). The summed E-state index contributed by atoms with van der Waals surface area (Å²) in [6, 6.07) is 23.0. The van der Waals surface area contributed by atoms with E-state index in [4.69, 9.17) is 9.47 Å². The lowest BCUT2D eigenvalue weighted by Crippen LogP contribution is -2.28. The summed E-state index contributed by atoms with van der Waals surface area (Å²) in [5.41, 5.74) is 2.25. The van der Waals surface area contributed by atoms with Crippen LogP contribution >= 0.6 is 11.8 Å².